The van der Waals surface area contributed by atoms with Gasteiger partial charge in [-0.15, -0.1) is 0 Å². The number of hydrogen-bond donors (Lipinski definition) is 1. The molecule has 0 spiro atoms. The molecular formula is C18H21Cl2N3O2. The lowest BCUT2D eigenvalue weighted by Gasteiger charge is -2.21. The topological polar surface area (TPSA) is 56.1 Å². The van der Waals surface area contributed by atoms with Crippen molar-refractivity contribution in [1.82, 2.24) is 15.1 Å². The third-order valence-electron chi connectivity index (χ3n) is 4.81. The van der Waals surface area contributed by atoms with Crippen LogP contribution in [0.4, 0.5) is 0 Å². The summed E-state index contributed by atoms with van der Waals surface area (Å²) >= 11 is 12.0. The van der Waals surface area contributed by atoms with Crippen molar-refractivity contribution in [2.75, 3.05) is 6.61 Å². The van der Waals surface area contributed by atoms with Crippen LogP contribution in [0.15, 0.2) is 24.4 Å². The zero-order valence-corrected chi connectivity index (χ0v) is 15.9. The van der Waals surface area contributed by atoms with Crippen LogP contribution in [0.5, 0.6) is 0 Å². The summed E-state index contributed by atoms with van der Waals surface area (Å²) in [5, 5.41) is 8.30. The Morgan fingerprint density at radius 3 is 2.80 bits per heavy atom. The Morgan fingerprint density at radius 1 is 1.40 bits per heavy atom. The third-order valence-corrected chi connectivity index (χ3v) is 5.55. The maximum absolute atomic E-state index is 12.8. The van der Waals surface area contributed by atoms with Gasteiger partial charge in [0.2, 0.25) is 5.91 Å². The van der Waals surface area contributed by atoms with E-state index in [0.29, 0.717) is 23.1 Å². The van der Waals surface area contributed by atoms with Crippen LogP contribution in [-0.4, -0.2) is 22.3 Å². The molecule has 1 aliphatic heterocycles. The SMILES string of the molecule is Cc1c([C@H]2OCC[C@@H]2C(=O)N[C@H](C)c2ccc(Cl)c(Cl)c2)cnn1C. The Kier molecular flexibility index (Phi) is 5.37. The molecule has 7 heteroatoms. The molecule has 5 nitrogen and oxygen atoms in total. The van der Waals surface area contributed by atoms with Gasteiger partial charge in [-0.1, -0.05) is 29.3 Å². The van der Waals surface area contributed by atoms with E-state index < -0.39 is 0 Å². The first-order valence-corrected chi connectivity index (χ1v) is 8.99. The first kappa shape index (κ1) is 18.2. The molecule has 0 saturated carbocycles. The van der Waals surface area contributed by atoms with E-state index >= 15 is 0 Å². The van der Waals surface area contributed by atoms with Gasteiger partial charge >= 0.3 is 0 Å². The average molecular weight is 382 g/mol. The van der Waals surface area contributed by atoms with Crippen molar-refractivity contribution in [2.45, 2.75) is 32.4 Å². The molecule has 2 aromatic rings. The van der Waals surface area contributed by atoms with Crippen molar-refractivity contribution in [3.05, 3.63) is 51.3 Å². The van der Waals surface area contributed by atoms with Crippen molar-refractivity contribution in [1.29, 1.82) is 0 Å². The van der Waals surface area contributed by atoms with Crippen LogP contribution in [0.3, 0.4) is 0 Å². The highest BCUT2D eigenvalue weighted by Crippen LogP contribution is 2.36. The van der Waals surface area contributed by atoms with Gasteiger partial charge in [-0.2, -0.15) is 5.10 Å². The first-order valence-electron chi connectivity index (χ1n) is 8.24. The number of rotatable bonds is 4. The van der Waals surface area contributed by atoms with Crippen LogP contribution in [0.2, 0.25) is 10.0 Å². The maximum atomic E-state index is 12.8. The van der Waals surface area contributed by atoms with Gasteiger partial charge in [-0.05, 0) is 38.0 Å². The van der Waals surface area contributed by atoms with Gasteiger partial charge in [0.05, 0.1) is 34.3 Å². The lowest BCUT2D eigenvalue weighted by atomic mass is 9.94. The molecular weight excluding hydrogens is 361 g/mol. The fourth-order valence-electron chi connectivity index (χ4n) is 3.15. The Labute approximate surface area is 157 Å². The second-order valence-electron chi connectivity index (χ2n) is 6.40. The number of nitrogens with one attached hydrogen (secondary N) is 1. The van der Waals surface area contributed by atoms with Crippen molar-refractivity contribution >= 4 is 29.1 Å². The van der Waals surface area contributed by atoms with Crippen LogP contribution in [0.1, 0.15) is 42.3 Å². The Bertz CT molecular complexity index is 791. The Balaban J connectivity index is 1.73. The molecule has 3 atom stereocenters. The highest BCUT2D eigenvalue weighted by Gasteiger charge is 2.37. The standard InChI is InChI=1S/C18H21Cl2N3O2/c1-10(12-4-5-15(19)16(20)8-12)22-18(24)13-6-7-25-17(13)14-9-21-23(3)11(14)2/h4-5,8-10,13,17H,6-7H2,1-3H3,(H,22,24)/t10-,13+,17+/m1/s1. The van der Waals surface area contributed by atoms with Gasteiger partial charge < -0.3 is 10.1 Å². The quantitative estimate of drug-likeness (QED) is 0.870. The van der Waals surface area contributed by atoms with E-state index in [1.165, 1.54) is 0 Å². The van der Waals surface area contributed by atoms with E-state index in [4.69, 9.17) is 27.9 Å². The van der Waals surface area contributed by atoms with E-state index in [9.17, 15) is 4.79 Å². The van der Waals surface area contributed by atoms with Crippen LogP contribution >= 0.6 is 23.2 Å². The highest BCUT2D eigenvalue weighted by atomic mass is 35.5. The van der Waals surface area contributed by atoms with Crippen molar-refractivity contribution in [3.8, 4) is 0 Å². The normalized spacial score (nSPS) is 21.3. The van der Waals surface area contributed by atoms with Crippen LogP contribution in [0, 0.1) is 12.8 Å². The molecule has 1 aromatic carbocycles. The van der Waals surface area contributed by atoms with Gasteiger partial charge in [0.15, 0.2) is 0 Å². The Hall–Kier alpha value is -1.56. The first-order chi connectivity index (χ1) is 11.9. The number of benzene rings is 1. The van der Waals surface area contributed by atoms with E-state index in [0.717, 1.165) is 16.8 Å². The number of amides is 1. The molecule has 3 rings (SSSR count). The highest BCUT2D eigenvalue weighted by molar-refractivity contribution is 6.42. The number of aryl methyl sites for hydroxylation is 1. The number of hydrogen-bond acceptors (Lipinski definition) is 3. The summed E-state index contributed by atoms with van der Waals surface area (Å²) in [7, 11) is 1.88. The molecule has 1 fully saturated rings. The zero-order chi connectivity index (χ0) is 18.1. The number of ether oxygens (including phenoxy) is 1. The zero-order valence-electron chi connectivity index (χ0n) is 14.4. The molecule has 1 saturated heterocycles. The minimum absolute atomic E-state index is 0.0238. The third kappa shape index (κ3) is 3.68. The van der Waals surface area contributed by atoms with Gasteiger partial charge in [-0.3, -0.25) is 9.48 Å². The minimum Gasteiger partial charge on any atom is -0.373 e. The molecule has 0 bridgehead atoms. The van der Waals surface area contributed by atoms with Crippen LogP contribution in [-0.2, 0) is 16.6 Å². The van der Waals surface area contributed by atoms with Gasteiger partial charge in [-0.25, -0.2) is 0 Å². The second-order valence-corrected chi connectivity index (χ2v) is 7.21. The fraction of sp³-hybridized carbons (Fsp3) is 0.444. The smallest absolute Gasteiger partial charge is 0.226 e. The number of aromatic nitrogens is 2. The summed E-state index contributed by atoms with van der Waals surface area (Å²) in [6.45, 7) is 4.48. The van der Waals surface area contributed by atoms with Crippen LogP contribution in [0.25, 0.3) is 0 Å². The molecule has 0 aliphatic carbocycles. The van der Waals surface area contributed by atoms with Gasteiger partial charge in [0, 0.05) is 24.9 Å². The minimum atomic E-state index is -0.255. The van der Waals surface area contributed by atoms with E-state index in [2.05, 4.69) is 10.4 Å². The predicted octanol–water partition coefficient (Wildman–Crippen LogP) is 3.99. The summed E-state index contributed by atoms with van der Waals surface area (Å²) in [5.74, 6) is -0.252. The number of carbonyl (C=O) groups excluding carboxylic acids is 1. The maximum Gasteiger partial charge on any atom is 0.226 e. The molecule has 0 radical (unpaired) electrons. The van der Waals surface area contributed by atoms with E-state index in [-0.39, 0.29) is 24.0 Å². The monoisotopic (exact) mass is 381 g/mol. The molecule has 1 aromatic heterocycles. The molecule has 134 valence electrons. The lowest BCUT2D eigenvalue weighted by molar-refractivity contribution is -0.127. The van der Waals surface area contributed by atoms with Crippen LogP contribution < -0.4 is 5.32 Å². The fourth-order valence-corrected chi connectivity index (χ4v) is 3.45. The summed E-state index contributed by atoms with van der Waals surface area (Å²) in [6, 6.07) is 5.22. The number of nitrogens with zero attached hydrogens (tertiary/aromatic N) is 2. The molecule has 1 aliphatic rings. The van der Waals surface area contributed by atoms with E-state index in [1.807, 2.05) is 27.0 Å². The summed E-state index contributed by atoms with van der Waals surface area (Å²) in [4.78, 5) is 12.8. The molecule has 25 heavy (non-hydrogen) atoms. The average Bonchev–Trinajstić information content (AvgIpc) is 3.17. The predicted molar refractivity (Wildman–Crippen MR) is 97.8 cm³/mol. The summed E-state index contributed by atoms with van der Waals surface area (Å²) in [6.07, 6.45) is 2.22. The van der Waals surface area contributed by atoms with Gasteiger partial charge in [0.1, 0.15) is 0 Å². The Morgan fingerprint density at radius 2 is 2.16 bits per heavy atom. The summed E-state index contributed by atoms with van der Waals surface area (Å²) < 4.78 is 7.63. The number of halogens is 2. The molecule has 1 N–H and O–H groups in total. The van der Waals surface area contributed by atoms with Gasteiger partial charge in [0.25, 0.3) is 0 Å². The van der Waals surface area contributed by atoms with Crippen molar-refractivity contribution in [2.24, 2.45) is 13.0 Å². The van der Waals surface area contributed by atoms with Crippen molar-refractivity contribution in [3.63, 3.8) is 0 Å². The number of carbonyl (C=O) groups is 1. The van der Waals surface area contributed by atoms with Crippen molar-refractivity contribution < 1.29 is 9.53 Å². The largest absolute Gasteiger partial charge is 0.373 e. The molecule has 0 unspecified atom stereocenters. The van der Waals surface area contributed by atoms with E-state index in [1.54, 1.807) is 23.0 Å². The molecule has 2 heterocycles. The second kappa shape index (κ2) is 7.36. The lowest BCUT2D eigenvalue weighted by Crippen LogP contribution is -2.34. The molecule has 1 amide bonds. The summed E-state index contributed by atoms with van der Waals surface area (Å²) in [5.41, 5.74) is 2.90.